The Morgan fingerprint density at radius 2 is 1.92 bits per heavy atom. The average Bonchev–Trinajstić information content (AvgIpc) is 3.04. The third-order valence-corrected chi connectivity index (χ3v) is 5.82. The van der Waals surface area contributed by atoms with Gasteiger partial charge in [-0.1, -0.05) is 25.8 Å². The zero-order valence-corrected chi connectivity index (χ0v) is 14.3. The van der Waals surface area contributed by atoms with Crippen molar-refractivity contribution in [1.82, 2.24) is 4.90 Å². The zero-order valence-electron chi connectivity index (χ0n) is 14.3. The van der Waals surface area contributed by atoms with Crippen LogP contribution in [0.4, 0.5) is 8.78 Å². The van der Waals surface area contributed by atoms with Crippen molar-refractivity contribution in [1.29, 1.82) is 0 Å². The molecule has 0 bridgehead atoms. The number of carbonyl (C=O) groups is 2. The monoisotopic (exact) mass is 351 g/mol. The van der Waals surface area contributed by atoms with Gasteiger partial charge in [-0.2, -0.15) is 0 Å². The van der Waals surface area contributed by atoms with E-state index in [1.54, 1.807) is 4.90 Å². The highest BCUT2D eigenvalue weighted by atomic mass is 19.1. The van der Waals surface area contributed by atoms with E-state index in [1.165, 1.54) is 12.1 Å². The van der Waals surface area contributed by atoms with E-state index in [4.69, 9.17) is 0 Å². The minimum absolute atomic E-state index is 0.147. The number of likely N-dealkylation sites (tertiary alicyclic amines) is 1. The van der Waals surface area contributed by atoms with Crippen LogP contribution in [0.3, 0.4) is 0 Å². The first-order valence-corrected chi connectivity index (χ1v) is 8.83. The maximum absolute atomic E-state index is 14.4. The molecule has 2 unspecified atom stereocenters. The summed E-state index contributed by atoms with van der Waals surface area (Å²) in [7, 11) is 0. The molecule has 1 heterocycles. The van der Waals surface area contributed by atoms with Crippen molar-refractivity contribution in [3.05, 3.63) is 35.4 Å². The highest BCUT2D eigenvalue weighted by molar-refractivity contribution is 5.89. The van der Waals surface area contributed by atoms with E-state index in [2.05, 4.69) is 0 Å². The lowest BCUT2D eigenvalue weighted by Gasteiger charge is -2.40. The van der Waals surface area contributed by atoms with Gasteiger partial charge in [0.25, 0.3) is 0 Å². The largest absolute Gasteiger partial charge is 0.481 e. The van der Waals surface area contributed by atoms with Crippen LogP contribution in [0.25, 0.3) is 0 Å². The van der Waals surface area contributed by atoms with Crippen molar-refractivity contribution in [3.8, 4) is 0 Å². The molecule has 1 aliphatic carbocycles. The van der Waals surface area contributed by atoms with Crippen molar-refractivity contribution < 1.29 is 23.5 Å². The number of amides is 1. The summed E-state index contributed by atoms with van der Waals surface area (Å²) in [6.07, 6.45) is 3.14. The van der Waals surface area contributed by atoms with E-state index in [0.29, 0.717) is 32.4 Å². The fraction of sp³-hybridized carbons (Fsp3) is 0.579. The molecule has 2 atom stereocenters. The lowest BCUT2D eigenvalue weighted by atomic mass is 9.76. The van der Waals surface area contributed by atoms with Crippen LogP contribution in [-0.2, 0) is 15.0 Å². The van der Waals surface area contributed by atoms with Crippen LogP contribution in [0.5, 0.6) is 0 Å². The van der Waals surface area contributed by atoms with Gasteiger partial charge in [0.05, 0.1) is 11.3 Å². The molecule has 3 rings (SSSR count). The maximum atomic E-state index is 14.4. The van der Waals surface area contributed by atoms with Crippen molar-refractivity contribution in [2.45, 2.75) is 44.4 Å². The van der Waals surface area contributed by atoms with Crippen molar-refractivity contribution >= 4 is 11.9 Å². The van der Waals surface area contributed by atoms with Crippen molar-refractivity contribution in [3.63, 3.8) is 0 Å². The van der Waals surface area contributed by atoms with Crippen molar-refractivity contribution in [2.24, 2.45) is 11.8 Å². The number of carboxylic acids is 1. The fourth-order valence-corrected chi connectivity index (χ4v) is 4.45. The number of rotatable bonds is 3. The van der Waals surface area contributed by atoms with Gasteiger partial charge in [0.2, 0.25) is 5.91 Å². The Kier molecular flexibility index (Phi) is 4.80. The first-order chi connectivity index (χ1) is 11.8. The lowest BCUT2D eigenvalue weighted by Crippen LogP contribution is -2.52. The van der Waals surface area contributed by atoms with Crippen LogP contribution in [0.15, 0.2) is 18.2 Å². The second-order valence-corrected chi connectivity index (χ2v) is 7.38. The number of hydrogen-bond donors (Lipinski definition) is 1. The fourth-order valence-electron chi connectivity index (χ4n) is 4.45. The van der Waals surface area contributed by atoms with Crippen LogP contribution in [0, 0.1) is 23.5 Å². The zero-order chi connectivity index (χ0) is 18.2. The van der Waals surface area contributed by atoms with Crippen molar-refractivity contribution in [2.75, 3.05) is 13.1 Å². The van der Waals surface area contributed by atoms with Crippen LogP contribution in [0.1, 0.15) is 44.6 Å². The predicted molar refractivity (Wildman–Crippen MR) is 88.0 cm³/mol. The molecule has 1 aromatic rings. The molecule has 0 spiro atoms. The summed E-state index contributed by atoms with van der Waals surface area (Å²) in [5, 5.41) is 9.25. The molecule has 1 saturated heterocycles. The molecular weight excluding hydrogens is 328 g/mol. The van der Waals surface area contributed by atoms with Gasteiger partial charge < -0.3 is 10.0 Å². The highest BCUT2D eigenvalue weighted by Gasteiger charge is 2.48. The molecule has 2 aliphatic rings. The van der Waals surface area contributed by atoms with Gasteiger partial charge in [0, 0.05) is 24.7 Å². The summed E-state index contributed by atoms with van der Waals surface area (Å²) >= 11 is 0. The van der Waals surface area contributed by atoms with Gasteiger partial charge in [-0.15, -0.1) is 0 Å². The molecule has 2 fully saturated rings. The number of carbonyl (C=O) groups excluding carboxylic acids is 1. The summed E-state index contributed by atoms with van der Waals surface area (Å²) < 4.78 is 27.7. The predicted octanol–water partition coefficient (Wildman–Crippen LogP) is 3.35. The van der Waals surface area contributed by atoms with Gasteiger partial charge in [0.15, 0.2) is 0 Å². The van der Waals surface area contributed by atoms with Crippen LogP contribution < -0.4 is 0 Å². The molecule has 25 heavy (non-hydrogen) atoms. The first-order valence-electron chi connectivity index (χ1n) is 8.83. The third kappa shape index (κ3) is 3.14. The molecular formula is C19H23F2NO3. The van der Waals surface area contributed by atoms with E-state index in [-0.39, 0.29) is 17.4 Å². The van der Waals surface area contributed by atoms with E-state index in [9.17, 15) is 23.5 Å². The summed E-state index contributed by atoms with van der Waals surface area (Å²) in [5.41, 5.74) is -0.683. The Labute approximate surface area is 145 Å². The molecule has 1 N–H and O–H groups in total. The smallest absolute Gasteiger partial charge is 0.306 e. The molecule has 1 aromatic carbocycles. The molecule has 6 heteroatoms. The maximum Gasteiger partial charge on any atom is 0.306 e. The summed E-state index contributed by atoms with van der Waals surface area (Å²) in [6.45, 7) is 2.56. The van der Waals surface area contributed by atoms with E-state index in [1.807, 2.05) is 6.92 Å². The normalized spacial score (nSPS) is 25.8. The number of hydrogen-bond acceptors (Lipinski definition) is 2. The molecule has 1 amide bonds. The second-order valence-electron chi connectivity index (χ2n) is 7.38. The quantitative estimate of drug-likeness (QED) is 0.909. The Balaban J connectivity index is 1.88. The molecule has 1 saturated carbocycles. The minimum atomic E-state index is -0.951. The number of halogens is 2. The Morgan fingerprint density at radius 1 is 1.24 bits per heavy atom. The van der Waals surface area contributed by atoms with Gasteiger partial charge >= 0.3 is 5.97 Å². The Hall–Kier alpha value is -1.98. The molecule has 0 radical (unpaired) electrons. The Bertz CT molecular complexity index is 685. The summed E-state index contributed by atoms with van der Waals surface area (Å²) in [4.78, 5) is 26.2. The lowest BCUT2D eigenvalue weighted by molar-refractivity contribution is -0.150. The molecule has 136 valence electrons. The summed E-state index contributed by atoms with van der Waals surface area (Å²) in [6, 6.07) is 3.42. The summed E-state index contributed by atoms with van der Waals surface area (Å²) in [5.74, 6) is -2.91. The number of nitrogens with zero attached hydrogens (tertiary/aromatic N) is 1. The number of piperidine rings is 1. The van der Waals surface area contributed by atoms with E-state index in [0.717, 1.165) is 18.9 Å². The second kappa shape index (κ2) is 6.73. The number of carboxylic acid groups (broad SMARTS) is 1. The number of benzene rings is 1. The minimum Gasteiger partial charge on any atom is -0.481 e. The Morgan fingerprint density at radius 3 is 2.48 bits per heavy atom. The molecule has 1 aliphatic heterocycles. The standard InChI is InChI=1S/C19H23F2NO3/c1-12-11-22(9-6-14(12)17(23)24)18(25)19(7-2-3-8-19)15-5-4-13(20)10-16(15)21/h4-5,10,12,14H,2-3,6-9,11H2,1H3,(H,23,24). The van der Waals surface area contributed by atoms with Gasteiger partial charge in [-0.25, -0.2) is 8.78 Å². The van der Waals surface area contributed by atoms with Gasteiger partial charge in [-0.3, -0.25) is 9.59 Å². The first kappa shape index (κ1) is 17.8. The van der Waals surface area contributed by atoms with Crippen LogP contribution >= 0.6 is 0 Å². The van der Waals surface area contributed by atoms with Gasteiger partial charge in [0.1, 0.15) is 11.6 Å². The molecule has 0 aromatic heterocycles. The van der Waals surface area contributed by atoms with E-state index < -0.39 is 28.9 Å². The molecule has 4 nitrogen and oxygen atoms in total. The SMILES string of the molecule is CC1CN(C(=O)C2(c3ccc(F)cc3F)CCCC2)CCC1C(=O)O. The van der Waals surface area contributed by atoms with Crippen LogP contribution in [0.2, 0.25) is 0 Å². The highest BCUT2D eigenvalue weighted by Crippen LogP contribution is 2.44. The topological polar surface area (TPSA) is 57.6 Å². The van der Waals surface area contributed by atoms with Gasteiger partial charge in [-0.05, 0) is 31.2 Å². The average molecular weight is 351 g/mol. The third-order valence-electron chi connectivity index (χ3n) is 5.82. The van der Waals surface area contributed by atoms with E-state index >= 15 is 0 Å². The number of aliphatic carboxylic acids is 1. The van der Waals surface area contributed by atoms with Crippen LogP contribution in [-0.4, -0.2) is 35.0 Å².